The first-order chi connectivity index (χ1) is 10.5. The van der Waals surface area contributed by atoms with Gasteiger partial charge in [0.05, 0.1) is 12.9 Å². The average molecular weight is 349 g/mol. The molecule has 9 nitrogen and oxygen atoms in total. The molecular weight excluding hydrogens is 336 g/mol. The van der Waals surface area contributed by atoms with Crippen LogP contribution in [0, 0.1) is 0 Å². The molecule has 0 aliphatic carbocycles. The van der Waals surface area contributed by atoms with E-state index in [0.29, 0.717) is 11.2 Å². The third-order valence-electron chi connectivity index (χ3n) is 3.33. The van der Waals surface area contributed by atoms with Crippen LogP contribution < -0.4 is 5.73 Å². The van der Waals surface area contributed by atoms with Crippen molar-refractivity contribution < 1.29 is 23.7 Å². The summed E-state index contributed by atoms with van der Waals surface area (Å²) < 4.78 is 26.0. The molecule has 1 fully saturated rings. The number of imidazole rings is 1. The zero-order valence-electron chi connectivity index (χ0n) is 11.0. The highest BCUT2D eigenvalue weighted by Gasteiger charge is 2.46. The predicted octanol–water partition coefficient (Wildman–Crippen LogP) is -0.480. The fourth-order valence-corrected chi connectivity index (χ4v) is 2.79. The molecule has 2 unspecified atom stereocenters. The number of hydrogen-bond donors (Lipinski definition) is 3. The molecule has 5 atom stereocenters. The number of aliphatic hydroxyl groups is 1. The fourth-order valence-electron chi connectivity index (χ4n) is 2.27. The highest BCUT2D eigenvalue weighted by atomic mass is 32.4. The van der Waals surface area contributed by atoms with E-state index in [-0.39, 0.29) is 12.4 Å². The van der Waals surface area contributed by atoms with Crippen LogP contribution in [0.15, 0.2) is 12.7 Å². The number of halogens is 1. The Balaban J connectivity index is 1.87. The highest BCUT2D eigenvalue weighted by molar-refractivity contribution is 8.00. The Bertz CT molecular complexity index is 718. The first-order valence-electron chi connectivity index (χ1n) is 6.25. The van der Waals surface area contributed by atoms with Crippen molar-refractivity contribution >= 4 is 35.9 Å². The van der Waals surface area contributed by atoms with Crippen molar-refractivity contribution in [3.63, 3.8) is 0 Å². The van der Waals surface area contributed by atoms with Crippen molar-refractivity contribution in [2.45, 2.75) is 24.6 Å². The molecule has 3 heterocycles. The standard InChI is InChI=1S/C10H13FN5O4PS/c11-5-7(17)4(1-19-21(18)22)20-10(5)16-3-15-6-8(12)13-2-14-9(6)16/h2-5,7,10,17,21H,1H2,(H,18,22)(H2,12,13,14)/t4-,5+,7?,10-/m1/s1. The first kappa shape index (κ1) is 15.7. The lowest BCUT2D eigenvalue weighted by Gasteiger charge is -2.15. The van der Waals surface area contributed by atoms with Gasteiger partial charge in [0.1, 0.15) is 24.1 Å². The van der Waals surface area contributed by atoms with Crippen LogP contribution in [0.4, 0.5) is 10.2 Å². The van der Waals surface area contributed by atoms with E-state index in [1.54, 1.807) is 0 Å². The maximum Gasteiger partial charge on any atom is 0.173 e. The average Bonchev–Trinajstić information content (AvgIpc) is 3.01. The van der Waals surface area contributed by atoms with Crippen LogP contribution >= 0.6 is 7.15 Å². The molecule has 120 valence electrons. The molecule has 4 N–H and O–H groups in total. The van der Waals surface area contributed by atoms with E-state index in [2.05, 4.69) is 26.8 Å². The molecule has 0 saturated carbocycles. The number of hydrogen-bond acceptors (Lipinski definition) is 8. The number of fused-ring (bicyclic) bond motifs is 1. The quantitative estimate of drug-likeness (QED) is 0.627. The molecule has 0 aromatic carbocycles. The van der Waals surface area contributed by atoms with E-state index in [1.165, 1.54) is 17.2 Å². The number of nitrogens with zero attached hydrogens (tertiary/aromatic N) is 4. The van der Waals surface area contributed by atoms with E-state index < -0.39 is 31.8 Å². The Kier molecular flexibility index (Phi) is 4.35. The van der Waals surface area contributed by atoms with Crippen molar-refractivity contribution in [1.82, 2.24) is 19.5 Å². The number of nitrogen functional groups attached to an aromatic ring is 1. The number of anilines is 1. The van der Waals surface area contributed by atoms with Gasteiger partial charge in [0, 0.05) is 0 Å². The number of nitrogens with two attached hydrogens (primary N) is 1. The number of rotatable bonds is 4. The van der Waals surface area contributed by atoms with Gasteiger partial charge < -0.3 is 25.0 Å². The Morgan fingerprint density at radius 3 is 3.00 bits per heavy atom. The zero-order valence-corrected chi connectivity index (χ0v) is 12.9. The van der Waals surface area contributed by atoms with E-state index in [0.717, 1.165) is 0 Å². The maximum absolute atomic E-state index is 14.3. The van der Waals surface area contributed by atoms with Gasteiger partial charge in [-0.3, -0.25) is 4.57 Å². The lowest BCUT2D eigenvalue weighted by Crippen LogP contribution is -2.30. The Morgan fingerprint density at radius 2 is 2.27 bits per heavy atom. The molecule has 3 rings (SSSR count). The van der Waals surface area contributed by atoms with E-state index >= 15 is 0 Å². The molecule has 1 saturated heterocycles. The summed E-state index contributed by atoms with van der Waals surface area (Å²) in [6.45, 7) is -0.198. The summed E-state index contributed by atoms with van der Waals surface area (Å²) in [6, 6.07) is 0. The smallest absolute Gasteiger partial charge is 0.173 e. The Labute approximate surface area is 129 Å². The molecule has 1 aliphatic heterocycles. The van der Waals surface area contributed by atoms with Gasteiger partial charge in [-0.15, -0.1) is 0 Å². The summed E-state index contributed by atoms with van der Waals surface area (Å²) in [5.41, 5.74) is 6.29. The van der Waals surface area contributed by atoms with Crippen LogP contribution in [-0.2, 0) is 21.1 Å². The van der Waals surface area contributed by atoms with Crippen LogP contribution in [0.25, 0.3) is 11.2 Å². The summed E-state index contributed by atoms with van der Waals surface area (Å²) in [6.07, 6.45) is -2.68. The van der Waals surface area contributed by atoms with E-state index in [9.17, 15) is 9.50 Å². The summed E-state index contributed by atoms with van der Waals surface area (Å²) >= 11 is 4.53. The SMILES string of the molecule is Nc1ncnc2c1ncn2[C@@H]1O[C@H](CO[PH](O)=S)C(O)[C@@H]1F. The fraction of sp³-hybridized carbons (Fsp3) is 0.500. The molecule has 2 aromatic heterocycles. The van der Waals surface area contributed by atoms with Gasteiger partial charge in [0.25, 0.3) is 0 Å². The van der Waals surface area contributed by atoms with Gasteiger partial charge >= 0.3 is 0 Å². The molecule has 22 heavy (non-hydrogen) atoms. The van der Waals surface area contributed by atoms with Crippen LogP contribution in [0.1, 0.15) is 6.23 Å². The van der Waals surface area contributed by atoms with Gasteiger partial charge in [0.2, 0.25) is 0 Å². The van der Waals surface area contributed by atoms with Gasteiger partial charge in [-0.1, -0.05) is 0 Å². The normalized spacial score (nSPS) is 30.0. The Hall–Kier alpha value is -1.23. The van der Waals surface area contributed by atoms with Crippen LogP contribution in [0.5, 0.6) is 0 Å². The van der Waals surface area contributed by atoms with Crippen molar-refractivity contribution in [3.8, 4) is 0 Å². The van der Waals surface area contributed by atoms with Crippen LogP contribution in [-0.4, -0.2) is 54.5 Å². The minimum absolute atomic E-state index is 0.163. The number of aliphatic hydroxyl groups excluding tert-OH is 1. The largest absolute Gasteiger partial charge is 0.387 e. The second kappa shape index (κ2) is 6.11. The maximum atomic E-state index is 14.3. The minimum Gasteiger partial charge on any atom is -0.387 e. The molecule has 0 bridgehead atoms. The van der Waals surface area contributed by atoms with Crippen molar-refractivity contribution in [2.75, 3.05) is 12.3 Å². The summed E-state index contributed by atoms with van der Waals surface area (Å²) in [4.78, 5) is 20.8. The topological polar surface area (TPSA) is 129 Å². The molecular formula is C10H13FN5O4PS. The monoisotopic (exact) mass is 349 g/mol. The van der Waals surface area contributed by atoms with Gasteiger partial charge in [0.15, 0.2) is 31.0 Å². The molecule has 0 radical (unpaired) electrons. The summed E-state index contributed by atoms with van der Waals surface area (Å²) in [5, 5.41) is 9.89. The minimum atomic E-state index is -2.36. The second-order valence-electron chi connectivity index (χ2n) is 4.66. The second-order valence-corrected chi connectivity index (χ2v) is 6.53. The van der Waals surface area contributed by atoms with E-state index in [4.69, 9.17) is 19.9 Å². The third-order valence-corrected chi connectivity index (χ3v) is 4.09. The summed E-state index contributed by atoms with van der Waals surface area (Å²) in [7, 11) is -2.36. The zero-order chi connectivity index (χ0) is 15.9. The molecule has 0 amide bonds. The van der Waals surface area contributed by atoms with E-state index in [1.807, 2.05) is 0 Å². The van der Waals surface area contributed by atoms with Gasteiger partial charge in [-0.05, 0) is 11.8 Å². The molecule has 2 aromatic rings. The number of alkyl halides is 1. The lowest BCUT2D eigenvalue weighted by molar-refractivity contribution is -0.0403. The molecule has 0 spiro atoms. The van der Waals surface area contributed by atoms with Crippen LogP contribution in [0.3, 0.4) is 0 Å². The van der Waals surface area contributed by atoms with Crippen molar-refractivity contribution in [1.29, 1.82) is 0 Å². The first-order valence-corrected chi connectivity index (χ1v) is 8.74. The highest BCUT2D eigenvalue weighted by Crippen LogP contribution is 2.35. The molecule has 1 aliphatic rings. The number of aromatic nitrogens is 4. The van der Waals surface area contributed by atoms with Crippen LogP contribution in [0.2, 0.25) is 0 Å². The van der Waals surface area contributed by atoms with Gasteiger partial charge in [-0.25, -0.2) is 19.3 Å². The number of ether oxygens (including phenoxy) is 1. The Morgan fingerprint density at radius 1 is 1.50 bits per heavy atom. The lowest BCUT2D eigenvalue weighted by atomic mass is 10.1. The van der Waals surface area contributed by atoms with Crippen molar-refractivity contribution in [2.24, 2.45) is 0 Å². The third kappa shape index (κ3) is 2.71. The molecule has 12 heteroatoms. The summed E-state index contributed by atoms with van der Waals surface area (Å²) in [5.74, 6) is 0.163. The predicted molar refractivity (Wildman–Crippen MR) is 78.4 cm³/mol. The van der Waals surface area contributed by atoms with Gasteiger partial charge in [-0.2, -0.15) is 0 Å². The van der Waals surface area contributed by atoms with Crippen molar-refractivity contribution in [3.05, 3.63) is 12.7 Å².